The Morgan fingerprint density at radius 3 is 2.35 bits per heavy atom. The molecule has 17 heavy (non-hydrogen) atoms. The second-order valence-electron chi connectivity index (χ2n) is 4.41. The summed E-state index contributed by atoms with van der Waals surface area (Å²) >= 11 is 0. The number of ether oxygens (including phenoxy) is 1. The number of hydrogen-bond acceptors (Lipinski definition) is 4. The molecule has 1 aromatic rings. The molecule has 0 atom stereocenters. The van der Waals surface area contributed by atoms with E-state index in [4.69, 9.17) is 4.74 Å². The molecule has 1 N–H and O–H groups in total. The van der Waals surface area contributed by atoms with Crippen molar-refractivity contribution in [2.75, 3.05) is 0 Å². The number of carbonyl (C=O) groups excluding carboxylic acids is 1. The van der Waals surface area contributed by atoms with Crippen LogP contribution in [0.2, 0.25) is 0 Å². The number of hydrogen-bond donors (Lipinski definition) is 1. The van der Waals surface area contributed by atoms with Gasteiger partial charge in [-0.05, 0) is 20.8 Å². The Labute approximate surface area is 95.3 Å². The van der Waals surface area contributed by atoms with Crippen LogP contribution in [0.15, 0.2) is 0 Å². The molecule has 0 saturated carbocycles. The topological polar surface area (TPSA) is 67.9 Å². The van der Waals surface area contributed by atoms with Crippen LogP contribution in [0, 0.1) is 0 Å². The highest BCUT2D eigenvalue weighted by Gasteiger charge is 2.33. The van der Waals surface area contributed by atoms with E-state index in [0.29, 0.717) is 0 Å². The lowest BCUT2D eigenvalue weighted by Gasteiger charge is -2.18. The standard InChI is InChI=1S/C9H12F3N3O2/c1-8(2,3)17-7(16)6-5(13-15-14-6)4-9(10,11)12/h4H2,1-3H3,(H,13,14,15). The van der Waals surface area contributed by atoms with E-state index < -0.39 is 35.6 Å². The van der Waals surface area contributed by atoms with Crippen molar-refractivity contribution in [3.8, 4) is 0 Å². The molecule has 0 unspecified atom stereocenters. The van der Waals surface area contributed by atoms with Gasteiger partial charge in [-0.25, -0.2) is 4.79 Å². The van der Waals surface area contributed by atoms with Crippen LogP contribution in [0.1, 0.15) is 37.0 Å². The summed E-state index contributed by atoms with van der Waals surface area (Å²) in [6, 6.07) is 0. The van der Waals surface area contributed by atoms with Crippen LogP contribution in [0.3, 0.4) is 0 Å². The van der Waals surface area contributed by atoms with Gasteiger partial charge in [-0.1, -0.05) is 0 Å². The first kappa shape index (κ1) is 13.5. The van der Waals surface area contributed by atoms with Crippen molar-refractivity contribution in [3.05, 3.63) is 11.4 Å². The molecular formula is C9H12F3N3O2. The summed E-state index contributed by atoms with van der Waals surface area (Å²) in [6.07, 6.45) is -5.77. The molecule has 0 fully saturated rings. The first-order valence-electron chi connectivity index (χ1n) is 4.78. The molecular weight excluding hydrogens is 239 g/mol. The van der Waals surface area contributed by atoms with Gasteiger partial charge in [0, 0.05) is 0 Å². The van der Waals surface area contributed by atoms with Crippen molar-refractivity contribution in [1.82, 2.24) is 15.4 Å². The normalized spacial score (nSPS) is 12.6. The maximum absolute atomic E-state index is 12.2. The number of alkyl halides is 3. The molecule has 96 valence electrons. The highest BCUT2D eigenvalue weighted by atomic mass is 19.4. The highest BCUT2D eigenvalue weighted by Crippen LogP contribution is 2.22. The largest absolute Gasteiger partial charge is 0.455 e. The van der Waals surface area contributed by atoms with E-state index in [1.165, 1.54) is 0 Å². The minimum Gasteiger partial charge on any atom is -0.455 e. The fraction of sp³-hybridized carbons (Fsp3) is 0.667. The van der Waals surface area contributed by atoms with Gasteiger partial charge in [0.25, 0.3) is 0 Å². The predicted molar refractivity (Wildman–Crippen MR) is 51.3 cm³/mol. The minimum absolute atomic E-state index is 0.433. The Balaban J connectivity index is 2.85. The molecule has 0 bridgehead atoms. The van der Waals surface area contributed by atoms with Gasteiger partial charge >= 0.3 is 12.1 Å². The number of carbonyl (C=O) groups is 1. The first-order valence-corrected chi connectivity index (χ1v) is 4.78. The van der Waals surface area contributed by atoms with Crippen LogP contribution in [-0.2, 0) is 11.2 Å². The van der Waals surface area contributed by atoms with Gasteiger partial charge in [-0.2, -0.15) is 23.5 Å². The number of H-pyrrole nitrogens is 1. The van der Waals surface area contributed by atoms with E-state index in [1.807, 2.05) is 5.21 Å². The smallest absolute Gasteiger partial charge is 0.394 e. The zero-order valence-corrected chi connectivity index (χ0v) is 9.55. The SMILES string of the molecule is CC(C)(C)OC(=O)c1n[nH]nc1CC(F)(F)F. The fourth-order valence-electron chi connectivity index (χ4n) is 1.06. The van der Waals surface area contributed by atoms with Crippen LogP contribution in [0.25, 0.3) is 0 Å². The Hall–Kier alpha value is -1.60. The quantitative estimate of drug-likeness (QED) is 0.815. The molecule has 8 heteroatoms. The lowest BCUT2D eigenvalue weighted by Crippen LogP contribution is -2.25. The number of esters is 1. The lowest BCUT2D eigenvalue weighted by molar-refractivity contribution is -0.127. The number of aromatic amines is 1. The van der Waals surface area contributed by atoms with Crippen molar-refractivity contribution < 1.29 is 22.7 Å². The number of nitrogens with zero attached hydrogens (tertiary/aromatic N) is 2. The zero-order chi connectivity index (χ0) is 13.3. The van der Waals surface area contributed by atoms with Gasteiger partial charge in [0.2, 0.25) is 0 Å². The molecule has 0 spiro atoms. The molecule has 0 aliphatic rings. The molecule has 1 heterocycles. The van der Waals surface area contributed by atoms with E-state index >= 15 is 0 Å². The molecule has 0 aliphatic heterocycles. The van der Waals surface area contributed by atoms with Gasteiger partial charge in [0.15, 0.2) is 5.69 Å². The minimum atomic E-state index is -4.45. The summed E-state index contributed by atoms with van der Waals surface area (Å²) in [5.41, 5.74) is -1.70. The summed E-state index contributed by atoms with van der Waals surface area (Å²) in [5.74, 6) is -0.925. The average molecular weight is 251 g/mol. The maximum Gasteiger partial charge on any atom is 0.394 e. The van der Waals surface area contributed by atoms with Crippen LogP contribution < -0.4 is 0 Å². The van der Waals surface area contributed by atoms with Crippen molar-refractivity contribution in [2.24, 2.45) is 0 Å². The third kappa shape index (κ3) is 4.41. The summed E-state index contributed by atoms with van der Waals surface area (Å²) in [7, 11) is 0. The number of halogens is 3. The number of rotatable bonds is 2. The second kappa shape index (κ2) is 4.34. The third-order valence-corrected chi connectivity index (χ3v) is 1.58. The van der Waals surface area contributed by atoms with E-state index in [9.17, 15) is 18.0 Å². The Kier molecular flexibility index (Phi) is 3.44. The summed E-state index contributed by atoms with van der Waals surface area (Å²) in [4.78, 5) is 11.5. The molecule has 1 aromatic heterocycles. The predicted octanol–water partition coefficient (Wildman–Crippen LogP) is 1.86. The van der Waals surface area contributed by atoms with Crippen LogP contribution in [0.5, 0.6) is 0 Å². The highest BCUT2D eigenvalue weighted by molar-refractivity contribution is 5.88. The van der Waals surface area contributed by atoms with Crippen molar-refractivity contribution in [1.29, 1.82) is 0 Å². The lowest BCUT2D eigenvalue weighted by atomic mass is 10.2. The van der Waals surface area contributed by atoms with Gasteiger partial charge in [0.1, 0.15) is 11.3 Å². The molecule has 0 aromatic carbocycles. The van der Waals surface area contributed by atoms with Gasteiger partial charge < -0.3 is 4.74 Å². The van der Waals surface area contributed by atoms with Crippen LogP contribution >= 0.6 is 0 Å². The molecule has 0 saturated heterocycles. The van der Waals surface area contributed by atoms with E-state index in [-0.39, 0.29) is 0 Å². The summed E-state index contributed by atoms with van der Waals surface area (Å²) in [5, 5.41) is 8.66. The molecule has 0 amide bonds. The first-order chi connectivity index (χ1) is 7.58. The Bertz CT molecular complexity index is 406. The number of aromatic nitrogens is 3. The van der Waals surface area contributed by atoms with E-state index in [2.05, 4.69) is 10.2 Å². The van der Waals surface area contributed by atoms with E-state index in [0.717, 1.165) is 0 Å². The second-order valence-corrected chi connectivity index (χ2v) is 4.41. The zero-order valence-electron chi connectivity index (χ0n) is 9.55. The summed E-state index contributed by atoms with van der Waals surface area (Å²) in [6.45, 7) is 4.82. The maximum atomic E-state index is 12.2. The monoisotopic (exact) mass is 251 g/mol. The molecule has 0 aliphatic carbocycles. The Morgan fingerprint density at radius 2 is 1.88 bits per heavy atom. The third-order valence-electron chi connectivity index (χ3n) is 1.58. The van der Waals surface area contributed by atoms with E-state index in [1.54, 1.807) is 20.8 Å². The van der Waals surface area contributed by atoms with Crippen LogP contribution in [0.4, 0.5) is 13.2 Å². The molecule has 5 nitrogen and oxygen atoms in total. The molecule has 1 rings (SSSR count). The molecule has 0 radical (unpaired) electrons. The van der Waals surface area contributed by atoms with Crippen LogP contribution in [-0.4, -0.2) is 33.2 Å². The average Bonchev–Trinajstić information content (AvgIpc) is 2.45. The van der Waals surface area contributed by atoms with Gasteiger partial charge in [0.05, 0.1) is 6.42 Å². The van der Waals surface area contributed by atoms with Crippen molar-refractivity contribution in [2.45, 2.75) is 39.0 Å². The van der Waals surface area contributed by atoms with Gasteiger partial charge in [-0.3, -0.25) is 0 Å². The Morgan fingerprint density at radius 1 is 1.29 bits per heavy atom. The fourth-order valence-corrected chi connectivity index (χ4v) is 1.06. The summed E-state index contributed by atoms with van der Waals surface area (Å²) < 4.78 is 41.4. The van der Waals surface area contributed by atoms with Crippen molar-refractivity contribution in [3.63, 3.8) is 0 Å². The number of nitrogens with one attached hydrogen (secondary N) is 1. The van der Waals surface area contributed by atoms with Gasteiger partial charge in [-0.15, -0.1) is 5.10 Å². The van der Waals surface area contributed by atoms with Crippen molar-refractivity contribution >= 4 is 5.97 Å².